The number of nitrogens with zero attached hydrogens (tertiary/aromatic N) is 5. The van der Waals surface area contributed by atoms with Gasteiger partial charge in [-0.1, -0.05) is 11.6 Å². The molecule has 2 aliphatic heterocycles. The topological polar surface area (TPSA) is 117 Å². The zero-order valence-corrected chi connectivity index (χ0v) is 16.5. The molecule has 0 unspecified atom stereocenters. The Morgan fingerprint density at radius 3 is 2.71 bits per heavy atom. The Kier molecular flexibility index (Phi) is 4.94. The van der Waals surface area contributed by atoms with E-state index in [-0.39, 0.29) is 38.9 Å². The molecule has 2 aromatic rings. The maximum Gasteiger partial charge on any atom is 0.441 e. The number of hydrogen-bond acceptors (Lipinski definition) is 6. The molecule has 1 aromatic carbocycles. The summed E-state index contributed by atoms with van der Waals surface area (Å²) in [6.45, 7) is 0. The van der Waals surface area contributed by atoms with E-state index in [2.05, 4.69) is 10.1 Å². The van der Waals surface area contributed by atoms with Crippen molar-refractivity contribution in [3.63, 3.8) is 0 Å². The van der Waals surface area contributed by atoms with Gasteiger partial charge in [-0.15, -0.1) is 0 Å². The zero-order valence-electron chi connectivity index (χ0n) is 14.9. The summed E-state index contributed by atoms with van der Waals surface area (Å²) in [4.78, 5) is 26.5. The number of aliphatic imine (C=N–C) groups is 1. The van der Waals surface area contributed by atoms with Crippen molar-refractivity contribution in [1.29, 1.82) is 5.41 Å². The molecule has 0 fully saturated rings. The summed E-state index contributed by atoms with van der Waals surface area (Å²) in [5.41, 5.74) is 0.00499. The molecule has 0 bridgehead atoms. The summed E-state index contributed by atoms with van der Waals surface area (Å²) >= 11 is 6.32. The maximum absolute atomic E-state index is 12.9. The molecule has 0 saturated carbocycles. The molecule has 14 heteroatoms. The highest BCUT2D eigenvalue weighted by atomic mass is 35.5. The van der Waals surface area contributed by atoms with Crippen LogP contribution in [0.2, 0.25) is 5.02 Å². The highest BCUT2D eigenvalue weighted by Gasteiger charge is 2.46. The van der Waals surface area contributed by atoms with Gasteiger partial charge in [-0.05, 0) is 36.0 Å². The maximum atomic E-state index is 12.9. The quantitative estimate of drug-likeness (QED) is 0.411. The lowest BCUT2D eigenvalue weighted by Gasteiger charge is -2.20. The van der Waals surface area contributed by atoms with E-state index in [0.717, 1.165) is 0 Å². The van der Waals surface area contributed by atoms with Gasteiger partial charge in [0.25, 0.3) is 11.6 Å². The number of carbonyl (C=O) groups is 1. The predicted molar refractivity (Wildman–Crippen MR) is 108 cm³/mol. The van der Waals surface area contributed by atoms with Crippen LogP contribution in [-0.2, 0) is 4.79 Å². The molecule has 0 radical (unpaired) electrons. The molecule has 0 atom stereocenters. The number of amides is 1. The summed E-state index contributed by atoms with van der Waals surface area (Å²) < 4.78 is 40.2. The van der Waals surface area contributed by atoms with Gasteiger partial charge in [0.1, 0.15) is 0 Å². The third kappa shape index (κ3) is 3.72. The number of hydrazone groups is 1. The predicted octanol–water partition coefficient (Wildman–Crippen LogP) is 4.22. The number of benzene rings is 1. The third-order valence-electron chi connectivity index (χ3n) is 4.17. The first-order chi connectivity index (χ1) is 14.6. The Morgan fingerprint density at radius 1 is 1.29 bits per heavy atom. The minimum atomic E-state index is -4.74. The van der Waals surface area contributed by atoms with E-state index in [0.29, 0.717) is 10.7 Å². The van der Waals surface area contributed by atoms with Crippen LogP contribution in [0.5, 0.6) is 0 Å². The van der Waals surface area contributed by atoms with Gasteiger partial charge in [0.15, 0.2) is 5.84 Å². The summed E-state index contributed by atoms with van der Waals surface area (Å²) in [6, 6.07) is 6.89. The molecule has 31 heavy (non-hydrogen) atoms. The van der Waals surface area contributed by atoms with Crippen LogP contribution in [0.1, 0.15) is 5.69 Å². The smallest absolute Gasteiger partial charge is 0.315 e. The number of rotatable bonds is 3. The monoisotopic (exact) mass is 468 g/mol. The number of nitro groups is 1. The molecule has 4 rings (SSSR count). The van der Waals surface area contributed by atoms with Crippen LogP contribution < -0.4 is 0 Å². The summed E-state index contributed by atoms with van der Waals surface area (Å²) in [5.74, 6) is -1.50. The Hall–Kier alpha value is -3.45. The highest BCUT2D eigenvalue weighted by Crippen LogP contribution is 2.35. The SMILES string of the molecule is N=C1/C(=C/c2cccn2-c2cc([N+](=O)[O-])ccc2Cl)C(=O)N=C2SC(C(F)(F)F)=NN12. The van der Waals surface area contributed by atoms with E-state index < -0.39 is 27.9 Å². The third-order valence-corrected chi connectivity index (χ3v) is 5.44. The van der Waals surface area contributed by atoms with Crippen molar-refractivity contribution in [3.8, 4) is 5.69 Å². The van der Waals surface area contributed by atoms with Gasteiger partial charge in [0.05, 0.1) is 21.2 Å². The average Bonchev–Trinajstić information content (AvgIpc) is 3.32. The summed E-state index contributed by atoms with van der Waals surface area (Å²) in [5, 5.41) is 21.8. The van der Waals surface area contributed by atoms with Gasteiger partial charge in [0.2, 0.25) is 10.2 Å². The molecule has 3 heterocycles. The summed E-state index contributed by atoms with van der Waals surface area (Å²) in [7, 11) is 0. The highest BCUT2D eigenvalue weighted by molar-refractivity contribution is 8.27. The fourth-order valence-corrected chi connectivity index (χ4v) is 3.75. The number of carbonyl (C=O) groups excluding carboxylic acids is 1. The first kappa shape index (κ1) is 20.8. The van der Waals surface area contributed by atoms with Crippen molar-refractivity contribution in [1.82, 2.24) is 9.58 Å². The number of amidine groups is 2. The van der Waals surface area contributed by atoms with Crippen molar-refractivity contribution in [3.05, 3.63) is 62.9 Å². The molecular formula is C17H8ClF3N6O3S. The number of non-ortho nitro benzene ring substituents is 1. The molecule has 0 aliphatic carbocycles. The number of thioether (sulfide) groups is 1. The Bertz CT molecular complexity index is 1250. The van der Waals surface area contributed by atoms with E-state index >= 15 is 0 Å². The van der Waals surface area contributed by atoms with Crippen LogP contribution >= 0.6 is 23.4 Å². The van der Waals surface area contributed by atoms with Gasteiger partial charge < -0.3 is 4.57 Å². The van der Waals surface area contributed by atoms with Crippen LogP contribution in [-0.4, -0.2) is 42.6 Å². The fourth-order valence-electron chi connectivity index (χ4n) is 2.78. The fraction of sp³-hybridized carbons (Fsp3) is 0.0588. The number of nitrogens with one attached hydrogen (secondary N) is 1. The van der Waals surface area contributed by atoms with Gasteiger partial charge in [0, 0.05) is 24.0 Å². The van der Waals surface area contributed by atoms with Crippen molar-refractivity contribution >= 4 is 57.1 Å². The molecule has 158 valence electrons. The normalized spacial score (nSPS) is 17.7. The first-order valence-corrected chi connectivity index (χ1v) is 9.45. The second kappa shape index (κ2) is 7.35. The number of hydrogen-bond donors (Lipinski definition) is 1. The Labute approximate surface area is 180 Å². The summed E-state index contributed by atoms with van der Waals surface area (Å²) in [6.07, 6.45) is -1.99. The van der Waals surface area contributed by atoms with Gasteiger partial charge >= 0.3 is 6.18 Å². The second-order valence-corrected chi connectivity index (χ2v) is 7.48. The molecule has 2 aliphatic rings. The number of alkyl halides is 3. The van der Waals surface area contributed by atoms with Gasteiger partial charge in [-0.3, -0.25) is 20.3 Å². The molecule has 9 nitrogen and oxygen atoms in total. The molecular weight excluding hydrogens is 461 g/mol. The van der Waals surface area contributed by atoms with Crippen molar-refractivity contribution in [2.75, 3.05) is 0 Å². The average molecular weight is 469 g/mol. The molecule has 1 amide bonds. The van der Waals surface area contributed by atoms with Crippen LogP contribution in [0.25, 0.3) is 11.8 Å². The van der Waals surface area contributed by atoms with Crippen LogP contribution in [0.3, 0.4) is 0 Å². The van der Waals surface area contributed by atoms with E-state index in [1.165, 1.54) is 41.1 Å². The standard InChI is InChI=1S/C17H8ClF3N6O3S/c18-11-4-3-9(27(29)30)7-12(11)25-5-1-2-8(25)6-10-13(22)26-16(23-14(10)28)31-15(24-26)17(19,20)21/h1-7,22H/b10-6-,22-13?. The van der Waals surface area contributed by atoms with Gasteiger partial charge in [-0.25, -0.2) is 0 Å². The van der Waals surface area contributed by atoms with E-state index in [9.17, 15) is 28.1 Å². The Balaban J connectivity index is 1.76. The van der Waals surface area contributed by atoms with E-state index in [1.807, 2.05) is 0 Å². The Morgan fingerprint density at radius 2 is 2.03 bits per heavy atom. The minimum absolute atomic E-state index is 0.151. The minimum Gasteiger partial charge on any atom is -0.315 e. The van der Waals surface area contributed by atoms with E-state index in [4.69, 9.17) is 17.0 Å². The first-order valence-electron chi connectivity index (χ1n) is 8.25. The zero-order chi connectivity index (χ0) is 22.5. The molecule has 1 N–H and O–H groups in total. The number of nitro benzene ring substituents is 1. The van der Waals surface area contributed by atoms with Crippen molar-refractivity contribution in [2.24, 2.45) is 10.1 Å². The van der Waals surface area contributed by atoms with Crippen LogP contribution in [0.4, 0.5) is 18.9 Å². The lowest BCUT2D eigenvalue weighted by atomic mass is 10.1. The number of halogens is 4. The van der Waals surface area contributed by atoms with Crippen molar-refractivity contribution < 1.29 is 22.9 Å². The molecule has 0 saturated heterocycles. The molecule has 0 spiro atoms. The lowest BCUT2D eigenvalue weighted by Crippen LogP contribution is -2.35. The van der Waals surface area contributed by atoms with Crippen LogP contribution in [0.15, 0.2) is 52.2 Å². The van der Waals surface area contributed by atoms with E-state index in [1.54, 1.807) is 6.07 Å². The number of aromatic nitrogens is 1. The van der Waals surface area contributed by atoms with Gasteiger partial charge in [-0.2, -0.15) is 28.3 Å². The lowest BCUT2D eigenvalue weighted by molar-refractivity contribution is -0.384. The van der Waals surface area contributed by atoms with Crippen molar-refractivity contribution in [2.45, 2.75) is 6.18 Å². The second-order valence-electron chi connectivity index (χ2n) is 6.12. The largest absolute Gasteiger partial charge is 0.441 e. The molecule has 1 aromatic heterocycles. The van der Waals surface area contributed by atoms with Crippen LogP contribution in [0, 0.1) is 15.5 Å². The number of fused-ring (bicyclic) bond motifs is 1.